The van der Waals surface area contributed by atoms with Crippen molar-refractivity contribution in [2.24, 2.45) is 0 Å². The highest BCUT2D eigenvalue weighted by molar-refractivity contribution is 7.89. The van der Waals surface area contributed by atoms with Crippen LogP contribution in [0.4, 0.5) is 0 Å². The number of carbonyl (C=O) groups is 1. The SMILES string of the molecule is COc1ccc(C(=O)OC(C)c2nnc(C)o2)cc1S(=O)(=O)NCc1ccc(Cl)cc1. The molecule has 3 rings (SSSR count). The Labute approximate surface area is 184 Å². The van der Waals surface area contributed by atoms with Crippen LogP contribution in [0, 0.1) is 6.92 Å². The Hall–Kier alpha value is -2.95. The van der Waals surface area contributed by atoms with Crippen molar-refractivity contribution in [3.63, 3.8) is 0 Å². The molecule has 0 fully saturated rings. The molecule has 0 aliphatic carbocycles. The van der Waals surface area contributed by atoms with Gasteiger partial charge in [-0.05, 0) is 42.8 Å². The first-order valence-electron chi connectivity index (χ1n) is 9.12. The highest BCUT2D eigenvalue weighted by atomic mass is 35.5. The molecule has 0 aliphatic heterocycles. The van der Waals surface area contributed by atoms with Crippen LogP contribution in [0.1, 0.15) is 40.7 Å². The van der Waals surface area contributed by atoms with Crippen LogP contribution >= 0.6 is 11.6 Å². The number of carbonyl (C=O) groups excluding carboxylic acids is 1. The molecule has 0 amide bonds. The summed E-state index contributed by atoms with van der Waals surface area (Å²) in [7, 11) is -2.66. The Morgan fingerprint density at radius 1 is 1.19 bits per heavy atom. The zero-order valence-electron chi connectivity index (χ0n) is 17.0. The van der Waals surface area contributed by atoms with Gasteiger partial charge in [0.15, 0.2) is 6.10 Å². The molecule has 1 N–H and O–H groups in total. The number of esters is 1. The van der Waals surface area contributed by atoms with Gasteiger partial charge in [0.25, 0.3) is 5.89 Å². The molecule has 0 spiro atoms. The monoisotopic (exact) mass is 465 g/mol. The molecule has 2 aromatic carbocycles. The minimum Gasteiger partial charge on any atom is -0.495 e. The van der Waals surface area contributed by atoms with E-state index in [1.807, 2.05) is 0 Å². The van der Waals surface area contributed by atoms with E-state index in [0.29, 0.717) is 16.5 Å². The Balaban J connectivity index is 1.80. The third-order valence-electron chi connectivity index (χ3n) is 4.24. The molecular formula is C20H20ClN3O6S. The zero-order valence-corrected chi connectivity index (χ0v) is 18.5. The molecule has 3 aromatic rings. The number of halogens is 1. The summed E-state index contributed by atoms with van der Waals surface area (Å²) < 4.78 is 44.0. The molecule has 164 valence electrons. The maximum atomic E-state index is 12.9. The third kappa shape index (κ3) is 5.60. The first-order chi connectivity index (χ1) is 14.7. The fraction of sp³-hybridized carbons (Fsp3) is 0.250. The van der Waals surface area contributed by atoms with Gasteiger partial charge in [-0.25, -0.2) is 17.9 Å². The highest BCUT2D eigenvalue weighted by Gasteiger charge is 2.24. The lowest BCUT2D eigenvalue weighted by atomic mass is 10.2. The molecule has 0 radical (unpaired) electrons. The number of rotatable bonds is 8. The van der Waals surface area contributed by atoms with E-state index in [1.54, 1.807) is 38.1 Å². The standard InChI is InChI=1S/C20H20ClN3O6S/c1-12(19-24-23-13(2)30-19)29-20(25)15-6-9-17(28-3)18(10-15)31(26,27)22-11-14-4-7-16(21)8-5-14/h4-10,12,22H,11H2,1-3H3. The molecule has 11 heteroatoms. The maximum Gasteiger partial charge on any atom is 0.338 e. The normalized spacial score (nSPS) is 12.4. The van der Waals surface area contributed by atoms with E-state index in [9.17, 15) is 13.2 Å². The Morgan fingerprint density at radius 3 is 2.52 bits per heavy atom. The molecule has 0 bridgehead atoms. The molecule has 0 saturated heterocycles. The van der Waals surface area contributed by atoms with Gasteiger partial charge in [-0.2, -0.15) is 0 Å². The Bertz CT molecular complexity index is 1180. The Kier molecular flexibility index (Phi) is 6.94. The van der Waals surface area contributed by atoms with E-state index in [2.05, 4.69) is 14.9 Å². The second kappa shape index (κ2) is 9.46. The van der Waals surface area contributed by atoms with Crippen molar-refractivity contribution in [2.45, 2.75) is 31.4 Å². The smallest absolute Gasteiger partial charge is 0.338 e. The summed E-state index contributed by atoms with van der Waals surface area (Å²) in [5, 5.41) is 8.04. The van der Waals surface area contributed by atoms with Crippen LogP contribution in [0.15, 0.2) is 51.8 Å². The van der Waals surface area contributed by atoms with Gasteiger partial charge >= 0.3 is 5.97 Å². The van der Waals surface area contributed by atoms with Gasteiger partial charge in [0, 0.05) is 18.5 Å². The lowest BCUT2D eigenvalue weighted by molar-refractivity contribution is 0.0276. The second-order valence-electron chi connectivity index (χ2n) is 6.52. The molecule has 0 saturated carbocycles. The topological polar surface area (TPSA) is 121 Å². The van der Waals surface area contributed by atoms with E-state index in [1.165, 1.54) is 25.3 Å². The van der Waals surface area contributed by atoms with Crippen LogP contribution in [-0.4, -0.2) is 31.7 Å². The summed E-state index contributed by atoms with van der Waals surface area (Å²) >= 11 is 5.85. The highest BCUT2D eigenvalue weighted by Crippen LogP contribution is 2.26. The number of nitrogens with one attached hydrogen (secondary N) is 1. The van der Waals surface area contributed by atoms with E-state index in [-0.39, 0.29) is 28.6 Å². The van der Waals surface area contributed by atoms with Crippen LogP contribution < -0.4 is 9.46 Å². The number of ether oxygens (including phenoxy) is 2. The molecule has 31 heavy (non-hydrogen) atoms. The summed E-state index contributed by atoms with van der Waals surface area (Å²) in [6.07, 6.45) is -0.807. The number of aromatic nitrogens is 2. The van der Waals surface area contributed by atoms with E-state index < -0.39 is 22.1 Å². The van der Waals surface area contributed by atoms with Gasteiger partial charge in [0.1, 0.15) is 10.6 Å². The van der Waals surface area contributed by atoms with Crippen molar-refractivity contribution >= 4 is 27.6 Å². The van der Waals surface area contributed by atoms with Crippen molar-refractivity contribution in [1.82, 2.24) is 14.9 Å². The minimum atomic E-state index is -4.00. The van der Waals surface area contributed by atoms with Gasteiger partial charge in [-0.3, -0.25) is 0 Å². The van der Waals surface area contributed by atoms with Crippen LogP contribution in [0.5, 0.6) is 5.75 Å². The molecule has 0 aliphatic rings. The number of hydrogen-bond acceptors (Lipinski definition) is 8. The van der Waals surface area contributed by atoms with Gasteiger partial charge in [-0.15, -0.1) is 10.2 Å². The quantitative estimate of drug-likeness (QED) is 0.502. The summed E-state index contributed by atoms with van der Waals surface area (Å²) in [4.78, 5) is 12.3. The average Bonchev–Trinajstić information content (AvgIpc) is 3.19. The molecule has 1 aromatic heterocycles. The lowest BCUT2D eigenvalue weighted by Crippen LogP contribution is -2.24. The third-order valence-corrected chi connectivity index (χ3v) is 5.92. The number of hydrogen-bond donors (Lipinski definition) is 1. The summed E-state index contributed by atoms with van der Waals surface area (Å²) in [6, 6.07) is 10.7. The maximum absolute atomic E-state index is 12.9. The van der Waals surface area contributed by atoms with Crippen molar-refractivity contribution in [3.8, 4) is 5.75 Å². The largest absolute Gasteiger partial charge is 0.495 e. The number of aryl methyl sites for hydroxylation is 1. The first-order valence-corrected chi connectivity index (χ1v) is 11.0. The summed E-state index contributed by atoms with van der Waals surface area (Å²) in [5.41, 5.74) is 0.738. The fourth-order valence-corrected chi connectivity index (χ4v) is 3.96. The second-order valence-corrected chi connectivity index (χ2v) is 8.70. The van der Waals surface area contributed by atoms with Crippen LogP contribution in [0.3, 0.4) is 0 Å². The van der Waals surface area contributed by atoms with E-state index >= 15 is 0 Å². The van der Waals surface area contributed by atoms with E-state index in [4.69, 9.17) is 25.5 Å². The average molecular weight is 466 g/mol. The fourth-order valence-electron chi connectivity index (χ4n) is 2.63. The predicted molar refractivity (Wildman–Crippen MR) is 111 cm³/mol. The minimum absolute atomic E-state index is 0.0238. The summed E-state index contributed by atoms with van der Waals surface area (Å²) in [5.74, 6) is -0.194. The number of benzene rings is 2. The zero-order chi connectivity index (χ0) is 22.6. The number of sulfonamides is 1. The van der Waals surface area contributed by atoms with Gasteiger partial charge < -0.3 is 13.9 Å². The van der Waals surface area contributed by atoms with Gasteiger partial charge in [0.2, 0.25) is 15.9 Å². The molecule has 9 nitrogen and oxygen atoms in total. The van der Waals surface area contributed by atoms with Crippen molar-refractivity contribution in [3.05, 3.63) is 70.4 Å². The predicted octanol–water partition coefficient (Wildman–Crippen LogP) is 3.44. The number of nitrogens with zero attached hydrogens (tertiary/aromatic N) is 2. The molecule has 1 atom stereocenters. The van der Waals surface area contributed by atoms with Crippen LogP contribution in [0.2, 0.25) is 5.02 Å². The van der Waals surface area contributed by atoms with Gasteiger partial charge in [0.05, 0.1) is 12.7 Å². The van der Waals surface area contributed by atoms with Crippen molar-refractivity contribution in [2.75, 3.05) is 7.11 Å². The number of methoxy groups -OCH3 is 1. The molecule has 1 heterocycles. The Morgan fingerprint density at radius 2 is 1.90 bits per heavy atom. The molecule has 1 unspecified atom stereocenters. The van der Waals surface area contributed by atoms with Crippen molar-refractivity contribution in [1.29, 1.82) is 0 Å². The van der Waals surface area contributed by atoms with Crippen LogP contribution in [-0.2, 0) is 21.3 Å². The van der Waals surface area contributed by atoms with Crippen molar-refractivity contribution < 1.29 is 27.1 Å². The lowest BCUT2D eigenvalue weighted by Gasteiger charge is -2.13. The first kappa shape index (κ1) is 22.7. The summed E-state index contributed by atoms with van der Waals surface area (Å²) in [6.45, 7) is 3.22. The van der Waals surface area contributed by atoms with Gasteiger partial charge in [-0.1, -0.05) is 23.7 Å². The van der Waals surface area contributed by atoms with E-state index in [0.717, 1.165) is 0 Å². The van der Waals surface area contributed by atoms with Crippen LogP contribution in [0.25, 0.3) is 0 Å². The molecular weight excluding hydrogens is 446 g/mol.